The van der Waals surface area contributed by atoms with Gasteiger partial charge >= 0.3 is 0 Å². The number of guanidine groups is 1. The number of nitrogens with zero attached hydrogens (tertiary/aromatic N) is 2. The van der Waals surface area contributed by atoms with Gasteiger partial charge in [-0.1, -0.05) is 20.8 Å². The summed E-state index contributed by atoms with van der Waals surface area (Å²) in [6.45, 7) is 10.9. The summed E-state index contributed by atoms with van der Waals surface area (Å²) in [5.74, 6) is 1.33. The van der Waals surface area contributed by atoms with E-state index in [1.807, 2.05) is 11.3 Å². The molecule has 0 aliphatic heterocycles. The minimum atomic E-state index is 0.480. The molecule has 6 heteroatoms. The first-order valence-electron chi connectivity index (χ1n) is 8.16. The lowest BCUT2D eigenvalue weighted by Gasteiger charge is -2.09. The third-order valence-corrected chi connectivity index (χ3v) is 5.45. The fraction of sp³-hybridized carbons (Fsp3) is 0.529. The molecule has 0 spiro atoms. The molecule has 2 rings (SSSR count). The van der Waals surface area contributed by atoms with Crippen LogP contribution in [0.1, 0.15) is 54.1 Å². The van der Waals surface area contributed by atoms with E-state index in [2.05, 4.69) is 65.8 Å². The number of hydrogen-bond acceptors (Lipinski definition) is 4. The highest BCUT2D eigenvalue weighted by Gasteiger charge is 2.06. The second-order valence-corrected chi connectivity index (χ2v) is 7.79. The maximum Gasteiger partial charge on any atom is 0.191 e. The summed E-state index contributed by atoms with van der Waals surface area (Å²) >= 11 is 3.55. The third kappa shape index (κ3) is 5.62. The van der Waals surface area contributed by atoms with Crippen molar-refractivity contribution in [1.82, 2.24) is 15.6 Å². The van der Waals surface area contributed by atoms with Crippen LogP contribution in [-0.4, -0.2) is 17.5 Å². The molecule has 0 aliphatic carbocycles. The molecule has 0 aromatic carbocycles. The Morgan fingerprint density at radius 1 is 1.22 bits per heavy atom. The van der Waals surface area contributed by atoms with Crippen molar-refractivity contribution in [3.8, 4) is 0 Å². The standard InChI is InChI=1S/C17H26N4S2/c1-5-13-7-8-14(23-13)9-19-17(18-6-2)20-10-16-21-15(11-22-16)12(3)4/h7-8,11-12H,5-6,9-10H2,1-4H3,(H2,18,19,20). The molecule has 2 aromatic heterocycles. The molecule has 0 bridgehead atoms. The maximum absolute atomic E-state index is 4.67. The number of rotatable bonds is 7. The Morgan fingerprint density at radius 2 is 2.00 bits per heavy atom. The van der Waals surface area contributed by atoms with Crippen LogP contribution in [0.25, 0.3) is 0 Å². The van der Waals surface area contributed by atoms with Crippen LogP contribution in [0.5, 0.6) is 0 Å². The third-order valence-electron chi connectivity index (χ3n) is 3.37. The molecule has 0 atom stereocenters. The predicted octanol–water partition coefficient (Wildman–Crippen LogP) is 4.15. The first-order chi connectivity index (χ1) is 11.1. The molecule has 0 amide bonds. The fourth-order valence-electron chi connectivity index (χ4n) is 2.03. The lowest BCUT2D eigenvalue weighted by molar-refractivity contribution is 0.788. The fourth-order valence-corrected chi connectivity index (χ4v) is 3.80. The minimum absolute atomic E-state index is 0.480. The predicted molar refractivity (Wildman–Crippen MR) is 102 cm³/mol. The van der Waals surface area contributed by atoms with Crippen molar-refractivity contribution in [3.05, 3.63) is 38.0 Å². The Bertz CT molecular complexity index is 628. The molecule has 0 saturated heterocycles. The average Bonchev–Trinajstić information content (AvgIpc) is 3.19. The van der Waals surface area contributed by atoms with E-state index >= 15 is 0 Å². The van der Waals surface area contributed by atoms with Crippen molar-refractivity contribution in [2.45, 2.75) is 53.1 Å². The lowest BCUT2D eigenvalue weighted by Crippen LogP contribution is -2.36. The number of aromatic nitrogens is 1. The van der Waals surface area contributed by atoms with Gasteiger partial charge in [0.1, 0.15) is 5.01 Å². The number of aliphatic imine (C=N–C) groups is 1. The second-order valence-electron chi connectivity index (χ2n) is 5.59. The molecule has 126 valence electrons. The van der Waals surface area contributed by atoms with Gasteiger partial charge in [-0.2, -0.15) is 0 Å². The van der Waals surface area contributed by atoms with E-state index in [0.717, 1.165) is 30.5 Å². The number of aryl methyl sites for hydroxylation is 1. The summed E-state index contributed by atoms with van der Waals surface area (Å²) in [4.78, 5) is 12.0. The van der Waals surface area contributed by atoms with Crippen LogP contribution < -0.4 is 10.6 Å². The molecule has 0 unspecified atom stereocenters. The van der Waals surface area contributed by atoms with E-state index in [1.54, 1.807) is 11.3 Å². The summed E-state index contributed by atoms with van der Waals surface area (Å²) < 4.78 is 0. The van der Waals surface area contributed by atoms with Crippen molar-refractivity contribution in [2.75, 3.05) is 6.54 Å². The zero-order chi connectivity index (χ0) is 16.7. The van der Waals surface area contributed by atoms with E-state index in [1.165, 1.54) is 15.4 Å². The van der Waals surface area contributed by atoms with E-state index in [9.17, 15) is 0 Å². The monoisotopic (exact) mass is 350 g/mol. The Balaban J connectivity index is 1.92. The van der Waals surface area contributed by atoms with Crippen LogP contribution in [0.3, 0.4) is 0 Å². The SMILES string of the molecule is CCNC(=NCc1ccc(CC)s1)NCc1nc(C(C)C)cs1. The van der Waals surface area contributed by atoms with Crippen molar-refractivity contribution in [1.29, 1.82) is 0 Å². The van der Waals surface area contributed by atoms with Gasteiger partial charge in [-0.25, -0.2) is 9.98 Å². The first kappa shape index (κ1) is 17.9. The summed E-state index contributed by atoms with van der Waals surface area (Å²) in [7, 11) is 0. The smallest absolute Gasteiger partial charge is 0.191 e. The van der Waals surface area contributed by atoms with Crippen molar-refractivity contribution >= 4 is 28.6 Å². The summed E-state index contributed by atoms with van der Waals surface area (Å²) in [5, 5.41) is 9.91. The molecule has 23 heavy (non-hydrogen) atoms. The Labute approximate surface area is 147 Å². The Kier molecular flexibility index (Phi) is 7.05. The largest absolute Gasteiger partial charge is 0.357 e. The van der Waals surface area contributed by atoms with Gasteiger partial charge in [0.25, 0.3) is 0 Å². The van der Waals surface area contributed by atoms with E-state index in [-0.39, 0.29) is 0 Å². The van der Waals surface area contributed by atoms with Crippen molar-refractivity contribution in [2.24, 2.45) is 4.99 Å². The molecule has 0 fully saturated rings. The number of thiophene rings is 1. The van der Waals surface area contributed by atoms with Crippen LogP contribution in [0.15, 0.2) is 22.5 Å². The highest BCUT2D eigenvalue weighted by atomic mass is 32.1. The van der Waals surface area contributed by atoms with Gasteiger partial charge in [-0.15, -0.1) is 22.7 Å². The van der Waals surface area contributed by atoms with Crippen LogP contribution in [-0.2, 0) is 19.5 Å². The summed E-state index contributed by atoms with van der Waals surface area (Å²) in [5.41, 5.74) is 1.17. The molecule has 0 saturated carbocycles. The van der Waals surface area contributed by atoms with Crippen molar-refractivity contribution in [3.63, 3.8) is 0 Å². The number of thiazole rings is 1. The van der Waals surface area contributed by atoms with E-state index in [0.29, 0.717) is 12.5 Å². The molecule has 0 aliphatic rings. The Morgan fingerprint density at radius 3 is 2.61 bits per heavy atom. The van der Waals surface area contributed by atoms with Crippen LogP contribution in [0.2, 0.25) is 0 Å². The van der Waals surface area contributed by atoms with E-state index < -0.39 is 0 Å². The highest BCUT2D eigenvalue weighted by molar-refractivity contribution is 7.12. The molecule has 4 nitrogen and oxygen atoms in total. The lowest BCUT2D eigenvalue weighted by atomic mass is 10.2. The van der Waals surface area contributed by atoms with Gasteiger partial charge in [0.15, 0.2) is 5.96 Å². The highest BCUT2D eigenvalue weighted by Crippen LogP contribution is 2.18. The molecule has 2 N–H and O–H groups in total. The zero-order valence-electron chi connectivity index (χ0n) is 14.3. The zero-order valence-corrected chi connectivity index (χ0v) is 16.0. The normalized spacial score (nSPS) is 12.0. The van der Waals surface area contributed by atoms with Crippen molar-refractivity contribution < 1.29 is 0 Å². The molecular weight excluding hydrogens is 324 g/mol. The average molecular weight is 351 g/mol. The van der Waals surface area contributed by atoms with Gasteiger partial charge in [-0.3, -0.25) is 0 Å². The van der Waals surface area contributed by atoms with E-state index in [4.69, 9.17) is 0 Å². The van der Waals surface area contributed by atoms with Gasteiger partial charge in [0.05, 0.1) is 18.8 Å². The van der Waals surface area contributed by atoms with Crippen LogP contribution >= 0.6 is 22.7 Å². The maximum atomic E-state index is 4.67. The quantitative estimate of drug-likeness (QED) is 0.583. The number of nitrogens with one attached hydrogen (secondary N) is 2. The van der Waals surface area contributed by atoms with Gasteiger partial charge < -0.3 is 10.6 Å². The summed E-state index contributed by atoms with van der Waals surface area (Å²) in [6, 6.07) is 4.37. The molecule has 0 radical (unpaired) electrons. The molecule has 2 heterocycles. The van der Waals surface area contributed by atoms with Gasteiger partial charge in [0, 0.05) is 21.7 Å². The van der Waals surface area contributed by atoms with Crippen LogP contribution in [0.4, 0.5) is 0 Å². The minimum Gasteiger partial charge on any atom is -0.357 e. The topological polar surface area (TPSA) is 49.3 Å². The van der Waals surface area contributed by atoms with Crippen LogP contribution in [0, 0.1) is 0 Å². The van der Waals surface area contributed by atoms with Gasteiger partial charge in [0.2, 0.25) is 0 Å². The first-order valence-corrected chi connectivity index (χ1v) is 9.86. The van der Waals surface area contributed by atoms with Gasteiger partial charge in [-0.05, 0) is 31.4 Å². The summed E-state index contributed by atoms with van der Waals surface area (Å²) in [6.07, 6.45) is 1.09. The Hall–Kier alpha value is -1.40. The number of hydrogen-bond donors (Lipinski definition) is 2. The molecule has 2 aromatic rings. The molecular formula is C17H26N4S2. The second kappa shape index (κ2) is 9.03.